The first kappa shape index (κ1) is 14.4. The van der Waals surface area contributed by atoms with Crippen molar-refractivity contribution < 1.29 is 14.0 Å². The molecule has 1 aliphatic heterocycles. The fraction of sp³-hybridized carbons (Fsp3) is 0.400. The van der Waals surface area contributed by atoms with E-state index in [0.29, 0.717) is 37.5 Å². The van der Waals surface area contributed by atoms with Gasteiger partial charge in [0.15, 0.2) is 5.76 Å². The summed E-state index contributed by atoms with van der Waals surface area (Å²) in [5.74, 6) is 0.171. The molecule has 0 aliphatic carbocycles. The average molecular weight is 302 g/mol. The predicted molar refractivity (Wildman–Crippen MR) is 78.4 cm³/mol. The van der Waals surface area contributed by atoms with Crippen LogP contribution in [-0.2, 0) is 6.54 Å². The summed E-state index contributed by atoms with van der Waals surface area (Å²) in [6.07, 6.45) is 4.83. The molecule has 7 nitrogen and oxygen atoms in total. The van der Waals surface area contributed by atoms with E-state index in [4.69, 9.17) is 4.42 Å². The number of furan rings is 1. The van der Waals surface area contributed by atoms with Crippen molar-refractivity contribution in [2.75, 3.05) is 26.2 Å². The summed E-state index contributed by atoms with van der Waals surface area (Å²) in [5, 5.41) is 4.12. The predicted octanol–water partition coefficient (Wildman–Crippen LogP) is 1.09. The Morgan fingerprint density at radius 3 is 2.41 bits per heavy atom. The maximum atomic E-state index is 12.4. The zero-order valence-corrected chi connectivity index (χ0v) is 12.4. The van der Waals surface area contributed by atoms with Crippen molar-refractivity contribution in [1.82, 2.24) is 19.6 Å². The Morgan fingerprint density at radius 1 is 1.18 bits per heavy atom. The summed E-state index contributed by atoms with van der Waals surface area (Å²) in [6, 6.07) is 3.34. The van der Waals surface area contributed by atoms with Crippen molar-refractivity contribution in [3.8, 4) is 0 Å². The number of hydrogen-bond acceptors (Lipinski definition) is 4. The highest BCUT2D eigenvalue weighted by Crippen LogP contribution is 2.12. The summed E-state index contributed by atoms with van der Waals surface area (Å²) < 4.78 is 6.85. The van der Waals surface area contributed by atoms with Gasteiger partial charge in [-0.25, -0.2) is 0 Å². The molecule has 116 valence electrons. The topological polar surface area (TPSA) is 71.6 Å². The zero-order chi connectivity index (χ0) is 15.5. The van der Waals surface area contributed by atoms with Crippen LogP contribution >= 0.6 is 0 Å². The molecular formula is C15H18N4O3. The highest BCUT2D eigenvalue weighted by Gasteiger charge is 2.27. The summed E-state index contributed by atoms with van der Waals surface area (Å²) in [7, 11) is 0. The number of nitrogens with zero attached hydrogens (tertiary/aromatic N) is 4. The van der Waals surface area contributed by atoms with E-state index >= 15 is 0 Å². The molecule has 1 saturated heterocycles. The third kappa shape index (κ3) is 2.74. The minimum absolute atomic E-state index is 0.0372. The Hall–Kier alpha value is -2.57. The fourth-order valence-electron chi connectivity index (χ4n) is 2.50. The lowest BCUT2D eigenvalue weighted by Crippen LogP contribution is -2.50. The maximum absolute atomic E-state index is 12.4. The minimum atomic E-state index is -0.129. The standard InChI is InChI=1S/C15H18N4O3/c1-2-19-11-12(10-16-19)14(20)17-5-7-18(8-6-17)15(21)13-4-3-9-22-13/h3-4,9-11H,2,5-8H2,1H3. The third-order valence-corrected chi connectivity index (χ3v) is 3.79. The molecule has 7 heteroatoms. The normalized spacial score (nSPS) is 15.1. The molecule has 0 aromatic carbocycles. The molecule has 0 unspecified atom stereocenters. The van der Waals surface area contributed by atoms with Crippen molar-refractivity contribution in [3.05, 3.63) is 42.1 Å². The average Bonchev–Trinajstić information content (AvgIpc) is 3.25. The van der Waals surface area contributed by atoms with Gasteiger partial charge in [0.2, 0.25) is 0 Å². The van der Waals surface area contributed by atoms with Crippen LogP contribution in [0.4, 0.5) is 0 Å². The van der Waals surface area contributed by atoms with E-state index in [0.717, 1.165) is 6.54 Å². The maximum Gasteiger partial charge on any atom is 0.289 e. The van der Waals surface area contributed by atoms with Crippen LogP contribution in [-0.4, -0.2) is 57.6 Å². The lowest BCUT2D eigenvalue weighted by atomic mass is 10.2. The van der Waals surface area contributed by atoms with Crippen LogP contribution < -0.4 is 0 Å². The van der Waals surface area contributed by atoms with E-state index in [1.165, 1.54) is 6.26 Å². The van der Waals surface area contributed by atoms with Gasteiger partial charge in [0, 0.05) is 38.9 Å². The quantitative estimate of drug-likeness (QED) is 0.851. The van der Waals surface area contributed by atoms with Gasteiger partial charge in [0.1, 0.15) is 0 Å². The lowest BCUT2D eigenvalue weighted by Gasteiger charge is -2.34. The molecule has 0 N–H and O–H groups in total. The van der Waals surface area contributed by atoms with Crippen LogP contribution in [0.3, 0.4) is 0 Å². The molecule has 0 bridgehead atoms. The Balaban J connectivity index is 1.59. The molecule has 2 aromatic heterocycles. The van der Waals surface area contributed by atoms with Crippen molar-refractivity contribution in [2.24, 2.45) is 0 Å². The molecule has 3 rings (SSSR count). The number of piperazine rings is 1. The zero-order valence-electron chi connectivity index (χ0n) is 12.4. The van der Waals surface area contributed by atoms with Crippen LogP contribution in [0.2, 0.25) is 0 Å². The summed E-state index contributed by atoms with van der Waals surface area (Å²) in [4.78, 5) is 28.0. The van der Waals surface area contributed by atoms with Crippen LogP contribution in [0.15, 0.2) is 35.2 Å². The molecule has 2 amide bonds. The molecule has 1 aliphatic rings. The van der Waals surface area contributed by atoms with Gasteiger partial charge in [0.25, 0.3) is 11.8 Å². The SMILES string of the molecule is CCn1cc(C(=O)N2CCN(C(=O)c3ccco3)CC2)cn1. The smallest absolute Gasteiger partial charge is 0.289 e. The Kier molecular flexibility index (Phi) is 3.95. The highest BCUT2D eigenvalue weighted by molar-refractivity contribution is 5.94. The van der Waals surface area contributed by atoms with Gasteiger partial charge in [0.05, 0.1) is 18.0 Å². The van der Waals surface area contributed by atoms with Crippen molar-refractivity contribution in [1.29, 1.82) is 0 Å². The lowest BCUT2D eigenvalue weighted by molar-refractivity contribution is 0.0518. The second kappa shape index (κ2) is 6.05. The van der Waals surface area contributed by atoms with Crippen LogP contribution in [0.25, 0.3) is 0 Å². The van der Waals surface area contributed by atoms with Gasteiger partial charge < -0.3 is 14.2 Å². The number of rotatable bonds is 3. The Bertz CT molecular complexity index is 654. The molecular weight excluding hydrogens is 284 g/mol. The van der Waals surface area contributed by atoms with E-state index in [9.17, 15) is 9.59 Å². The van der Waals surface area contributed by atoms with Crippen LogP contribution in [0.1, 0.15) is 27.8 Å². The molecule has 22 heavy (non-hydrogen) atoms. The summed E-state index contributed by atoms with van der Waals surface area (Å²) >= 11 is 0. The first-order valence-electron chi connectivity index (χ1n) is 7.33. The third-order valence-electron chi connectivity index (χ3n) is 3.79. The van der Waals surface area contributed by atoms with E-state index in [1.54, 1.807) is 39.0 Å². The van der Waals surface area contributed by atoms with Gasteiger partial charge >= 0.3 is 0 Å². The molecule has 0 saturated carbocycles. The van der Waals surface area contributed by atoms with E-state index < -0.39 is 0 Å². The summed E-state index contributed by atoms with van der Waals surface area (Å²) in [5.41, 5.74) is 0.590. The van der Waals surface area contributed by atoms with E-state index in [2.05, 4.69) is 5.10 Å². The van der Waals surface area contributed by atoms with Gasteiger partial charge in [-0.1, -0.05) is 0 Å². The van der Waals surface area contributed by atoms with Gasteiger partial charge in [-0.2, -0.15) is 5.10 Å². The van der Waals surface area contributed by atoms with Crippen LogP contribution in [0, 0.1) is 0 Å². The fourth-order valence-corrected chi connectivity index (χ4v) is 2.50. The number of carbonyl (C=O) groups is 2. The molecule has 1 fully saturated rings. The molecule has 3 heterocycles. The first-order valence-corrected chi connectivity index (χ1v) is 7.33. The molecule has 0 radical (unpaired) electrons. The minimum Gasteiger partial charge on any atom is -0.459 e. The second-order valence-electron chi connectivity index (χ2n) is 5.15. The monoisotopic (exact) mass is 302 g/mol. The number of aromatic nitrogens is 2. The Morgan fingerprint density at radius 2 is 1.86 bits per heavy atom. The molecule has 0 spiro atoms. The van der Waals surface area contributed by atoms with Gasteiger partial charge in [-0.15, -0.1) is 0 Å². The van der Waals surface area contributed by atoms with Crippen molar-refractivity contribution >= 4 is 11.8 Å². The second-order valence-corrected chi connectivity index (χ2v) is 5.15. The first-order chi connectivity index (χ1) is 10.7. The Labute approximate surface area is 128 Å². The van der Waals surface area contributed by atoms with Crippen molar-refractivity contribution in [2.45, 2.75) is 13.5 Å². The number of carbonyl (C=O) groups excluding carboxylic acids is 2. The number of amides is 2. The van der Waals surface area contributed by atoms with E-state index in [1.807, 2.05) is 6.92 Å². The summed E-state index contributed by atoms with van der Waals surface area (Å²) in [6.45, 7) is 4.75. The molecule has 0 atom stereocenters. The van der Waals surface area contributed by atoms with Crippen molar-refractivity contribution in [3.63, 3.8) is 0 Å². The van der Waals surface area contributed by atoms with Gasteiger partial charge in [-0.3, -0.25) is 14.3 Å². The number of hydrogen-bond donors (Lipinski definition) is 0. The number of aryl methyl sites for hydroxylation is 1. The van der Waals surface area contributed by atoms with Crippen LogP contribution in [0.5, 0.6) is 0 Å². The van der Waals surface area contributed by atoms with Gasteiger partial charge in [-0.05, 0) is 19.1 Å². The van der Waals surface area contributed by atoms with E-state index in [-0.39, 0.29) is 11.8 Å². The highest BCUT2D eigenvalue weighted by atomic mass is 16.3. The largest absolute Gasteiger partial charge is 0.459 e. The molecule has 2 aromatic rings.